The number of hydrazone groups is 1. The molecule has 31 heavy (non-hydrogen) atoms. The number of phenols is 2. The average Bonchev–Trinajstić information content (AvgIpc) is 3.06. The minimum atomic E-state index is -4.66. The molecule has 5 N–H and O–H groups in total. The van der Waals surface area contributed by atoms with Gasteiger partial charge in [-0.05, 0) is 23.8 Å². The second-order valence-corrected chi connectivity index (χ2v) is 7.93. The maximum Gasteiger partial charge on any atom is 0.405 e. The quantitative estimate of drug-likeness (QED) is 0.200. The van der Waals surface area contributed by atoms with E-state index in [-0.39, 0.29) is 25.4 Å². The summed E-state index contributed by atoms with van der Waals surface area (Å²) in [4.78, 5) is 47.1. The van der Waals surface area contributed by atoms with Crippen LogP contribution >= 0.6 is 0 Å². The minimum absolute atomic E-state index is 0.137. The Hall–Kier alpha value is -4.08. The Morgan fingerprint density at radius 3 is 2.48 bits per heavy atom. The first kappa shape index (κ1) is 21.6. The summed E-state index contributed by atoms with van der Waals surface area (Å²) in [6, 6.07) is 0.198. The fraction of sp³-hybridized carbons (Fsp3) is 0.267. The standard InChI is InChI=1S/C15H16N6O9S/c22-10-2-1-8(5-11(10)23)6-16-20-3-4-21(15(20)28)31(29,30)18-13(25)19-7-9(12(19)24)17-14(26)27/h1-2,5-6,9,17,22-23H,3-4,7H2,(H,18,25)(H,26,27)/t9-/m0/s1. The van der Waals surface area contributed by atoms with E-state index in [1.165, 1.54) is 18.2 Å². The third kappa shape index (κ3) is 4.42. The van der Waals surface area contributed by atoms with E-state index >= 15 is 0 Å². The molecule has 0 aromatic heterocycles. The van der Waals surface area contributed by atoms with Crippen molar-refractivity contribution in [1.82, 2.24) is 24.3 Å². The van der Waals surface area contributed by atoms with Gasteiger partial charge in [0, 0.05) is 0 Å². The van der Waals surface area contributed by atoms with Crippen LogP contribution in [0.25, 0.3) is 0 Å². The predicted molar refractivity (Wildman–Crippen MR) is 100 cm³/mol. The summed E-state index contributed by atoms with van der Waals surface area (Å²) in [5.41, 5.74) is 0.318. The number of nitrogens with zero attached hydrogens (tertiary/aromatic N) is 4. The number of phenolic OH excluding ortho intramolecular Hbond substituents is 2. The molecule has 0 saturated carbocycles. The van der Waals surface area contributed by atoms with Crippen molar-refractivity contribution in [2.24, 2.45) is 5.10 Å². The van der Waals surface area contributed by atoms with E-state index in [0.29, 0.717) is 14.8 Å². The van der Waals surface area contributed by atoms with E-state index in [4.69, 9.17) is 5.11 Å². The Labute approximate surface area is 174 Å². The van der Waals surface area contributed by atoms with Crippen molar-refractivity contribution in [2.75, 3.05) is 19.6 Å². The number of hydrogen-bond acceptors (Lipinski definition) is 9. The lowest BCUT2D eigenvalue weighted by Gasteiger charge is -2.36. The van der Waals surface area contributed by atoms with Crippen molar-refractivity contribution in [1.29, 1.82) is 0 Å². The minimum Gasteiger partial charge on any atom is -0.504 e. The van der Waals surface area contributed by atoms with E-state index in [9.17, 15) is 37.8 Å². The zero-order valence-electron chi connectivity index (χ0n) is 15.5. The number of likely N-dealkylation sites (tertiary alicyclic amines) is 1. The van der Waals surface area contributed by atoms with Crippen LogP contribution in [0.1, 0.15) is 5.56 Å². The van der Waals surface area contributed by atoms with Crippen molar-refractivity contribution in [2.45, 2.75) is 6.04 Å². The van der Waals surface area contributed by atoms with Crippen molar-refractivity contribution in [3.8, 4) is 11.5 Å². The van der Waals surface area contributed by atoms with Crippen LogP contribution in [0.4, 0.5) is 14.4 Å². The lowest BCUT2D eigenvalue weighted by atomic mass is 10.1. The lowest BCUT2D eigenvalue weighted by molar-refractivity contribution is -0.138. The number of amides is 6. The molecular weight excluding hydrogens is 440 g/mol. The number of rotatable bonds is 5. The molecule has 2 heterocycles. The molecule has 2 fully saturated rings. The molecule has 16 heteroatoms. The number of imide groups is 1. The smallest absolute Gasteiger partial charge is 0.405 e. The molecule has 0 bridgehead atoms. The summed E-state index contributed by atoms with van der Waals surface area (Å²) in [5, 5.41) is 33.7. The fourth-order valence-corrected chi connectivity index (χ4v) is 3.74. The molecule has 2 aliphatic heterocycles. The van der Waals surface area contributed by atoms with Crippen LogP contribution in [0.15, 0.2) is 23.3 Å². The number of carbonyl (C=O) groups is 4. The largest absolute Gasteiger partial charge is 0.504 e. The van der Waals surface area contributed by atoms with Gasteiger partial charge < -0.3 is 20.6 Å². The van der Waals surface area contributed by atoms with Gasteiger partial charge in [-0.15, -0.1) is 0 Å². The van der Waals surface area contributed by atoms with Gasteiger partial charge in [-0.1, -0.05) is 0 Å². The van der Waals surface area contributed by atoms with E-state index in [0.717, 1.165) is 11.2 Å². The summed E-state index contributed by atoms with van der Waals surface area (Å²) in [7, 11) is -4.66. The Kier molecular flexibility index (Phi) is 5.56. The summed E-state index contributed by atoms with van der Waals surface area (Å²) < 4.78 is 26.6. The highest BCUT2D eigenvalue weighted by Crippen LogP contribution is 2.24. The van der Waals surface area contributed by atoms with Gasteiger partial charge in [0.15, 0.2) is 11.5 Å². The molecule has 0 unspecified atom stereocenters. The molecule has 166 valence electrons. The van der Waals surface area contributed by atoms with Crippen molar-refractivity contribution < 1.29 is 42.9 Å². The van der Waals surface area contributed by atoms with Gasteiger partial charge in [-0.2, -0.15) is 13.5 Å². The molecule has 0 radical (unpaired) electrons. The highest BCUT2D eigenvalue weighted by atomic mass is 32.2. The van der Waals surface area contributed by atoms with Crippen molar-refractivity contribution >= 4 is 40.5 Å². The van der Waals surface area contributed by atoms with Gasteiger partial charge in [0.05, 0.1) is 25.8 Å². The maximum absolute atomic E-state index is 12.4. The topological polar surface area (TPSA) is 209 Å². The first-order valence-corrected chi connectivity index (χ1v) is 9.96. The molecule has 0 spiro atoms. The highest BCUT2D eigenvalue weighted by Gasteiger charge is 2.45. The van der Waals surface area contributed by atoms with Crippen molar-refractivity contribution in [3.05, 3.63) is 23.8 Å². The number of β-lactam (4-membered cyclic amide) rings is 1. The van der Waals surface area contributed by atoms with Crippen LogP contribution in [0.3, 0.4) is 0 Å². The third-order valence-electron chi connectivity index (χ3n) is 4.27. The van der Waals surface area contributed by atoms with E-state index in [2.05, 4.69) is 5.10 Å². The number of aromatic hydroxyl groups is 2. The molecule has 1 atom stereocenters. The Bertz CT molecular complexity index is 1090. The van der Waals surface area contributed by atoms with Crippen LogP contribution in [-0.2, 0) is 15.0 Å². The molecule has 2 saturated heterocycles. The van der Waals surface area contributed by atoms with Crippen LogP contribution < -0.4 is 10.0 Å². The Morgan fingerprint density at radius 1 is 1.16 bits per heavy atom. The molecular formula is C15H16N6O9S. The summed E-state index contributed by atoms with van der Waals surface area (Å²) >= 11 is 0. The number of benzene rings is 1. The lowest BCUT2D eigenvalue weighted by Crippen LogP contribution is -2.67. The summed E-state index contributed by atoms with van der Waals surface area (Å²) in [6.07, 6.45) is -0.322. The predicted octanol–water partition coefficient (Wildman–Crippen LogP) is -1.40. The van der Waals surface area contributed by atoms with Crippen LogP contribution in [0.2, 0.25) is 0 Å². The molecule has 15 nitrogen and oxygen atoms in total. The average molecular weight is 456 g/mol. The molecule has 6 amide bonds. The number of carboxylic acid groups (broad SMARTS) is 1. The normalized spacial score (nSPS) is 19.0. The van der Waals surface area contributed by atoms with Crippen LogP contribution in [0, 0.1) is 0 Å². The van der Waals surface area contributed by atoms with Gasteiger partial charge in [0.1, 0.15) is 6.04 Å². The number of nitrogens with one attached hydrogen (secondary N) is 2. The zero-order chi connectivity index (χ0) is 22.9. The van der Waals surface area contributed by atoms with E-state index < -0.39 is 46.1 Å². The maximum atomic E-state index is 12.4. The SMILES string of the molecule is O=C(O)N[C@H]1CN(C(=O)NS(=O)(=O)N2CCN(N=Cc3ccc(O)c(O)c3)C2=O)C1=O. The molecule has 3 rings (SSSR count). The van der Waals surface area contributed by atoms with Gasteiger partial charge in [0.2, 0.25) is 0 Å². The number of carbonyl (C=O) groups excluding carboxylic acids is 3. The second-order valence-electron chi connectivity index (χ2n) is 6.33. The van der Waals surface area contributed by atoms with Gasteiger partial charge in [-0.25, -0.2) is 28.4 Å². The molecule has 1 aromatic carbocycles. The number of urea groups is 2. The van der Waals surface area contributed by atoms with Gasteiger partial charge in [-0.3, -0.25) is 9.69 Å². The zero-order valence-corrected chi connectivity index (χ0v) is 16.3. The first-order valence-electron chi connectivity index (χ1n) is 8.52. The Morgan fingerprint density at radius 2 is 1.87 bits per heavy atom. The second kappa shape index (κ2) is 7.98. The molecule has 2 aliphatic rings. The molecule has 1 aromatic rings. The van der Waals surface area contributed by atoms with E-state index in [1.807, 2.05) is 5.32 Å². The summed E-state index contributed by atoms with van der Waals surface area (Å²) in [6.45, 7) is -0.838. The highest BCUT2D eigenvalue weighted by molar-refractivity contribution is 7.88. The van der Waals surface area contributed by atoms with Crippen LogP contribution in [-0.4, -0.2) is 93.9 Å². The van der Waals surface area contributed by atoms with Gasteiger partial charge >= 0.3 is 28.4 Å². The first-order chi connectivity index (χ1) is 14.5. The fourth-order valence-electron chi connectivity index (χ4n) is 2.68. The Balaban J connectivity index is 1.61. The monoisotopic (exact) mass is 456 g/mol. The van der Waals surface area contributed by atoms with Crippen LogP contribution in [0.5, 0.6) is 11.5 Å². The number of hydrogen-bond donors (Lipinski definition) is 5. The third-order valence-corrected chi connectivity index (χ3v) is 5.62. The van der Waals surface area contributed by atoms with E-state index in [1.54, 1.807) is 4.72 Å². The van der Waals surface area contributed by atoms with Gasteiger partial charge in [0.25, 0.3) is 5.91 Å². The molecule has 0 aliphatic carbocycles. The van der Waals surface area contributed by atoms with Crippen molar-refractivity contribution in [3.63, 3.8) is 0 Å². The summed E-state index contributed by atoms with van der Waals surface area (Å²) in [5.74, 6) is -1.70.